The quantitative estimate of drug-likeness (QED) is 0.729. The number of Topliss-reactive ketones (excluding diaryl/α,β-unsaturated/α-hetero) is 1. The molecule has 0 spiro atoms. The zero-order valence-corrected chi connectivity index (χ0v) is 13.4. The number of carbonyl (C=O) groups is 1. The number of hydrogen-bond acceptors (Lipinski definition) is 2. The molecule has 2 heteroatoms. The van der Waals surface area contributed by atoms with E-state index in [1.54, 1.807) is 0 Å². The third-order valence-corrected chi connectivity index (χ3v) is 4.42. The van der Waals surface area contributed by atoms with Crippen LogP contribution in [0.3, 0.4) is 0 Å². The highest BCUT2D eigenvalue weighted by Crippen LogP contribution is 2.26. The first kappa shape index (κ1) is 16.2. The first-order valence-corrected chi connectivity index (χ1v) is 8.47. The van der Waals surface area contributed by atoms with Gasteiger partial charge in [0.25, 0.3) is 0 Å². The lowest BCUT2D eigenvalue weighted by molar-refractivity contribution is -0.124. The van der Waals surface area contributed by atoms with Gasteiger partial charge in [0.2, 0.25) is 0 Å². The third kappa shape index (κ3) is 4.67. The largest absolute Gasteiger partial charge is 0.378 e. The van der Waals surface area contributed by atoms with Gasteiger partial charge < -0.3 is 4.74 Å². The van der Waals surface area contributed by atoms with Crippen LogP contribution in [0.4, 0.5) is 0 Å². The van der Waals surface area contributed by atoms with Crippen molar-refractivity contribution in [2.75, 3.05) is 6.61 Å². The van der Waals surface area contributed by atoms with Gasteiger partial charge in [0.1, 0.15) is 5.78 Å². The van der Waals surface area contributed by atoms with Gasteiger partial charge in [-0.3, -0.25) is 4.79 Å². The van der Waals surface area contributed by atoms with Crippen LogP contribution >= 0.6 is 0 Å². The molecule has 21 heavy (non-hydrogen) atoms. The van der Waals surface area contributed by atoms with E-state index in [4.69, 9.17) is 4.74 Å². The van der Waals surface area contributed by atoms with E-state index in [2.05, 4.69) is 38.1 Å². The van der Waals surface area contributed by atoms with Crippen LogP contribution < -0.4 is 0 Å². The van der Waals surface area contributed by atoms with Crippen LogP contribution in [-0.4, -0.2) is 18.5 Å². The Hall–Kier alpha value is -1.15. The predicted octanol–water partition coefficient (Wildman–Crippen LogP) is 4.66. The normalized spacial score (nSPS) is 20.2. The molecule has 2 atom stereocenters. The van der Waals surface area contributed by atoms with Crippen molar-refractivity contribution < 1.29 is 9.53 Å². The maximum absolute atomic E-state index is 12.6. The van der Waals surface area contributed by atoms with E-state index in [9.17, 15) is 4.79 Å². The molecule has 1 fully saturated rings. The topological polar surface area (TPSA) is 26.3 Å². The Labute approximate surface area is 128 Å². The Bertz CT molecular complexity index is 429. The Balaban J connectivity index is 1.98. The van der Waals surface area contributed by atoms with Gasteiger partial charge in [-0.2, -0.15) is 0 Å². The Kier molecular flexibility index (Phi) is 6.44. The third-order valence-electron chi connectivity index (χ3n) is 4.42. The smallest absolute Gasteiger partial charge is 0.142 e. The minimum atomic E-state index is 0.0335. The van der Waals surface area contributed by atoms with E-state index in [1.807, 2.05) is 0 Å². The second-order valence-electron chi connectivity index (χ2n) is 6.11. The van der Waals surface area contributed by atoms with E-state index < -0.39 is 0 Å². The zero-order valence-electron chi connectivity index (χ0n) is 13.4. The highest BCUT2D eigenvalue weighted by Gasteiger charge is 2.24. The fourth-order valence-corrected chi connectivity index (χ4v) is 3.19. The Morgan fingerprint density at radius 1 is 1.24 bits per heavy atom. The van der Waals surface area contributed by atoms with Gasteiger partial charge in [0, 0.05) is 18.9 Å². The molecular formula is C19H28O2. The number of aryl methyl sites for hydroxylation is 1. The average molecular weight is 288 g/mol. The lowest BCUT2D eigenvalue weighted by atomic mass is 9.88. The molecule has 0 bridgehead atoms. The summed E-state index contributed by atoms with van der Waals surface area (Å²) in [6.07, 6.45) is 7.25. The molecule has 1 aliphatic heterocycles. The van der Waals surface area contributed by atoms with Gasteiger partial charge in [0.15, 0.2) is 0 Å². The van der Waals surface area contributed by atoms with Gasteiger partial charge in [-0.1, -0.05) is 44.5 Å². The fraction of sp³-hybridized carbons (Fsp3) is 0.632. The van der Waals surface area contributed by atoms with Crippen molar-refractivity contribution in [1.29, 1.82) is 0 Å². The molecule has 0 aromatic heterocycles. The molecule has 2 unspecified atom stereocenters. The highest BCUT2D eigenvalue weighted by molar-refractivity contribution is 5.86. The summed E-state index contributed by atoms with van der Waals surface area (Å²) in [4.78, 5) is 12.6. The number of rotatable bonds is 7. The number of benzene rings is 1. The number of ether oxygens (including phenoxy) is 1. The van der Waals surface area contributed by atoms with Crippen molar-refractivity contribution in [3.8, 4) is 0 Å². The van der Waals surface area contributed by atoms with Crippen molar-refractivity contribution in [3.63, 3.8) is 0 Å². The van der Waals surface area contributed by atoms with Crippen molar-refractivity contribution in [2.45, 2.75) is 70.8 Å². The van der Waals surface area contributed by atoms with Gasteiger partial charge in [-0.15, -0.1) is 0 Å². The second-order valence-corrected chi connectivity index (χ2v) is 6.11. The first-order valence-electron chi connectivity index (χ1n) is 8.47. The predicted molar refractivity (Wildman–Crippen MR) is 86.7 cm³/mol. The molecule has 2 nitrogen and oxygen atoms in total. The maximum atomic E-state index is 12.6. The van der Waals surface area contributed by atoms with Crippen LogP contribution in [-0.2, 0) is 16.0 Å². The molecule has 116 valence electrons. The van der Waals surface area contributed by atoms with Crippen LogP contribution in [0.15, 0.2) is 24.3 Å². The molecule has 1 aromatic carbocycles. The molecule has 1 saturated heterocycles. The summed E-state index contributed by atoms with van der Waals surface area (Å²) in [5.74, 6) is 0.374. The molecule has 0 amide bonds. The lowest BCUT2D eigenvalue weighted by Gasteiger charge is -2.24. The zero-order chi connectivity index (χ0) is 15.1. The molecule has 2 rings (SSSR count). The Morgan fingerprint density at radius 3 is 2.57 bits per heavy atom. The summed E-state index contributed by atoms with van der Waals surface area (Å²) < 4.78 is 5.71. The molecule has 0 aliphatic carbocycles. The van der Waals surface area contributed by atoms with Gasteiger partial charge in [-0.25, -0.2) is 0 Å². The summed E-state index contributed by atoms with van der Waals surface area (Å²) in [5, 5.41) is 0. The van der Waals surface area contributed by atoms with Gasteiger partial charge in [-0.05, 0) is 43.2 Å². The lowest BCUT2D eigenvalue weighted by Crippen LogP contribution is -2.25. The summed E-state index contributed by atoms with van der Waals surface area (Å²) >= 11 is 0. The monoisotopic (exact) mass is 288 g/mol. The van der Waals surface area contributed by atoms with E-state index in [1.165, 1.54) is 12.0 Å². The molecule has 1 heterocycles. The number of carbonyl (C=O) groups excluding carboxylic acids is 1. The van der Waals surface area contributed by atoms with E-state index in [0.717, 1.165) is 44.3 Å². The van der Waals surface area contributed by atoms with Crippen LogP contribution in [0.25, 0.3) is 0 Å². The molecule has 1 aliphatic rings. The number of ketones is 1. The molecular weight excluding hydrogens is 260 g/mol. The second kappa shape index (κ2) is 8.33. The standard InChI is InChI=1S/C19H28O2/c1-3-7-15-9-11-16(12-10-15)18(4-2)19(20)14-17-8-5-6-13-21-17/h9-12,17-18H,3-8,13-14H2,1-2H3. The summed E-state index contributed by atoms with van der Waals surface area (Å²) in [6, 6.07) is 8.62. The maximum Gasteiger partial charge on any atom is 0.142 e. The average Bonchev–Trinajstić information content (AvgIpc) is 2.51. The first-order chi connectivity index (χ1) is 10.2. The molecule has 0 radical (unpaired) electrons. The van der Waals surface area contributed by atoms with Crippen LogP contribution in [0, 0.1) is 0 Å². The van der Waals surface area contributed by atoms with Crippen molar-refractivity contribution in [3.05, 3.63) is 35.4 Å². The summed E-state index contributed by atoms with van der Waals surface area (Å²) in [6.45, 7) is 5.11. The number of hydrogen-bond donors (Lipinski definition) is 0. The SMILES string of the molecule is CCCc1ccc(C(CC)C(=O)CC2CCCCO2)cc1. The fourth-order valence-electron chi connectivity index (χ4n) is 3.19. The Morgan fingerprint density at radius 2 is 2.00 bits per heavy atom. The minimum absolute atomic E-state index is 0.0335. The highest BCUT2D eigenvalue weighted by atomic mass is 16.5. The molecule has 0 saturated carbocycles. The summed E-state index contributed by atoms with van der Waals surface area (Å²) in [7, 11) is 0. The van der Waals surface area contributed by atoms with Gasteiger partial charge in [0.05, 0.1) is 6.10 Å². The molecule has 1 aromatic rings. The van der Waals surface area contributed by atoms with Crippen LogP contribution in [0.1, 0.15) is 69.4 Å². The van der Waals surface area contributed by atoms with Crippen molar-refractivity contribution in [2.24, 2.45) is 0 Å². The van der Waals surface area contributed by atoms with Crippen molar-refractivity contribution >= 4 is 5.78 Å². The summed E-state index contributed by atoms with van der Waals surface area (Å²) in [5.41, 5.74) is 2.53. The van der Waals surface area contributed by atoms with Crippen LogP contribution in [0.2, 0.25) is 0 Å². The van der Waals surface area contributed by atoms with Gasteiger partial charge >= 0.3 is 0 Å². The van der Waals surface area contributed by atoms with Crippen molar-refractivity contribution in [1.82, 2.24) is 0 Å². The molecule has 0 N–H and O–H groups in total. The van der Waals surface area contributed by atoms with E-state index in [-0.39, 0.29) is 12.0 Å². The van der Waals surface area contributed by atoms with Crippen LogP contribution in [0.5, 0.6) is 0 Å². The minimum Gasteiger partial charge on any atom is -0.378 e. The van der Waals surface area contributed by atoms with E-state index in [0.29, 0.717) is 12.2 Å². The van der Waals surface area contributed by atoms with E-state index >= 15 is 0 Å².